The number of rotatable bonds is 5. The fourth-order valence-electron chi connectivity index (χ4n) is 2.19. The Balaban J connectivity index is 2.08. The molecule has 22 heavy (non-hydrogen) atoms. The minimum Gasteiger partial charge on any atom is -0.464 e. The van der Waals surface area contributed by atoms with Gasteiger partial charge in [-0.25, -0.2) is 0 Å². The molecule has 120 valence electrons. The Kier molecular flexibility index (Phi) is 4.61. The van der Waals surface area contributed by atoms with Gasteiger partial charge in [-0.2, -0.15) is 0 Å². The molecule has 0 aliphatic rings. The first-order valence-corrected chi connectivity index (χ1v) is 7.67. The van der Waals surface area contributed by atoms with Crippen molar-refractivity contribution in [1.29, 1.82) is 0 Å². The van der Waals surface area contributed by atoms with Crippen molar-refractivity contribution in [3.8, 4) is 0 Å². The Labute approximate surface area is 131 Å². The lowest BCUT2D eigenvalue weighted by atomic mass is 9.92. The second kappa shape index (κ2) is 6.13. The minimum atomic E-state index is -0.901. The lowest BCUT2D eigenvalue weighted by molar-refractivity contribution is -0.122. The van der Waals surface area contributed by atoms with Crippen molar-refractivity contribution in [3.05, 3.63) is 35.1 Å². The zero-order valence-corrected chi connectivity index (χ0v) is 14.0. The van der Waals surface area contributed by atoms with Crippen molar-refractivity contribution in [2.24, 2.45) is 5.92 Å². The highest BCUT2D eigenvalue weighted by Gasteiger charge is 2.25. The van der Waals surface area contributed by atoms with Crippen molar-refractivity contribution in [3.63, 3.8) is 0 Å². The summed E-state index contributed by atoms with van der Waals surface area (Å²) in [6.07, 6.45) is 1.90. The molecule has 4 heteroatoms. The van der Waals surface area contributed by atoms with Gasteiger partial charge in [0.1, 0.15) is 5.58 Å². The number of benzene rings is 1. The summed E-state index contributed by atoms with van der Waals surface area (Å²) in [6.45, 7) is 9.93. The number of furan rings is 1. The van der Waals surface area contributed by atoms with E-state index in [1.165, 1.54) is 11.1 Å². The second-order valence-electron chi connectivity index (χ2n) is 6.66. The fraction of sp³-hybridized carbons (Fsp3) is 0.500. The lowest BCUT2D eigenvalue weighted by Gasteiger charge is -2.27. The summed E-state index contributed by atoms with van der Waals surface area (Å²) >= 11 is 0. The average Bonchev–Trinajstić information content (AvgIpc) is 2.79. The minimum absolute atomic E-state index is 0.0770. The molecule has 0 aliphatic carbocycles. The van der Waals surface area contributed by atoms with Crippen molar-refractivity contribution < 1.29 is 14.3 Å². The standard InChI is InChI=1S/C18H25NO3/c1-11(2)18(5,21)10-19-17(20)8-14-9-22-16-7-13(4)12(3)6-15(14)16/h6-7,9,11,21H,8,10H2,1-5H3,(H,19,20). The maximum Gasteiger partial charge on any atom is 0.224 e. The van der Waals surface area contributed by atoms with E-state index in [-0.39, 0.29) is 24.8 Å². The van der Waals surface area contributed by atoms with Crippen LogP contribution in [0.1, 0.15) is 37.5 Å². The molecule has 2 rings (SSSR count). The summed E-state index contributed by atoms with van der Waals surface area (Å²) in [4.78, 5) is 12.1. The maximum absolute atomic E-state index is 12.1. The first-order valence-electron chi connectivity index (χ1n) is 7.67. The third kappa shape index (κ3) is 3.50. The van der Waals surface area contributed by atoms with E-state index in [4.69, 9.17) is 4.42 Å². The molecule has 0 fully saturated rings. The molecule has 0 spiro atoms. The van der Waals surface area contributed by atoms with Crippen molar-refractivity contribution >= 4 is 16.9 Å². The highest BCUT2D eigenvalue weighted by Crippen LogP contribution is 2.25. The number of carbonyl (C=O) groups is 1. The molecule has 0 bridgehead atoms. The Hall–Kier alpha value is -1.81. The molecule has 1 heterocycles. The van der Waals surface area contributed by atoms with Gasteiger partial charge in [0.2, 0.25) is 5.91 Å². The lowest BCUT2D eigenvalue weighted by Crippen LogP contribution is -2.44. The van der Waals surface area contributed by atoms with E-state index in [1.807, 2.05) is 33.8 Å². The molecule has 0 saturated heterocycles. The highest BCUT2D eigenvalue weighted by atomic mass is 16.3. The molecule has 0 aliphatic heterocycles. The average molecular weight is 303 g/mol. The number of amides is 1. The van der Waals surface area contributed by atoms with E-state index in [2.05, 4.69) is 11.4 Å². The maximum atomic E-state index is 12.1. The number of hydrogen-bond acceptors (Lipinski definition) is 3. The van der Waals surface area contributed by atoms with Crippen molar-refractivity contribution in [2.75, 3.05) is 6.54 Å². The largest absolute Gasteiger partial charge is 0.464 e. The molecule has 1 unspecified atom stereocenters. The molecule has 1 atom stereocenters. The van der Waals surface area contributed by atoms with Gasteiger partial charge in [-0.05, 0) is 49.9 Å². The molecular weight excluding hydrogens is 278 g/mol. The number of nitrogens with one attached hydrogen (secondary N) is 1. The van der Waals surface area contributed by atoms with Gasteiger partial charge in [-0.3, -0.25) is 4.79 Å². The zero-order valence-electron chi connectivity index (χ0n) is 14.0. The first kappa shape index (κ1) is 16.6. The van der Waals surface area contributed by atoms with Gasteiger partial charge in [0.15, 0.2) is 0 Å². The molecular formula is C18H25NO3. The van der Waals surface area contributed by atoms with Gasteiger partial charge in [0.25, 0.3) is 0 Å². The molecule has 1 aromatic heterocycles. The van der Waals surface area contributed by atoms with Crippen LogP contribution in [0.25, 0.3) is 11.0 Å². The van der Waals surface area contributed by atoms with Gasteiger partial charge >= 0.3 is 0 Å². The van der Waals surface area contributed by atoms with E-state index in [0.29, 0.717) is 0 Å². The predicted octanol–water partition coefficient (Wildman–Crippen LogP) is 3.12. The van der Waals surface area contributed by atoms with Crippen molar-refractivity contribution in [2.45, 2.75) is 46.6 Å². The van der Waals surface area contributed by atoms with Gasteiger partial charge in [-0.15, -0.1) is 0 Å². The van der Waals surface area contributed by atoms with Crippen LogP contribution in [0.5, 0.6) is 0 Å². The normalized spacial score (nSPS) is 14.3. The van der Waals surface area contributed by atoms with Crippen LogP contribution >= 0.6 is 0 Å². The van der Waals surface area contributed by atoms with Crippen LogP contribution in [0.3, 0.4) is 0 Å². The molecule has 1 aromatic carbocycles. The van der Waals surface area contributed by atoms with Crippen LogP contribution in [-0.2, 0) is 11.2 Å². The van der Waals surface area contributed by atoms with Crippen LogP contribution in [0.2, 0.25) is 0 Å². The molecule has 0 saturated carbocycles. The number of aliphatic hydroxyl groups is 1. The number of aryl methyl sites for hydroxylation is 2. The monoisotopic (exact) mass is 303 g/mol. The Morgan fingerprint density at radius 3 is 2.59 bits per heavy atom. The Morgan fingerprint density at radius 1 is 1.32 bits per heavy atom. The van der Waals surface area contributed by atoms with Crippen molar-refractivity contribution in [1.82, 2.24) is 5.32 Å². The number of hydrogen-bond donors (Lipinski definition) is 2. The third-order valence-corrected chi connectivity index (χ3v) is 4.51. The van der Waals surface area contributed by atoms with E-state index in [9.17, 15) is 9.90 Å². The van der Waals surface area contributed by atoms with Crippen LogP contribution in [0, 0.1) is 19.8 Å². The number of carbonyl (C=O) groups excluding carboxylic acids is 1. The van der Waals surface area contributed by atoms with E-state index >= 15 is 0 Å². The zero-order chi connectivity index (χ0) is 16.5. The molecule has 2 N–H and O–H groups in total. The second-order valence-corrected chi connectivity index (χ2v) is 6.66. The fourth-order valence-corrected chi connectivity index (χ4v) is 2.19. The summed E-state index contributed by atoms with van der Waals surface area (Å²) < 4.78 is 5.54. The van der Waals surface area contributed by atoms with E-state index < -0.39 is 5.60 Å². The van der Waals surface area contributed by atoms with Crippen LogP contribution in [0.15, 0.2) is 22.8 Å². The summed E-state index contributed by atoms with van der Waals surface area (Å²) in [5, 5.41) is 14.0. The van der Waals surface area contributed by atoms with Crippen LogP contribution in [0.4, 0.5) is 0 Å². The summed E-state index contributed by atoms with van der Waals surface area (Å²) in [5.74, 6) is -0.0324. The Morgan fingerprint density at radius 2 is 1.95 bits per heavy atom. The molecule has 4 nitrogen and oxygen atoms in total. The summed E-state index contributed by atoms with van der Waals surface area (Å²) in [7, 11) is 0. The Bertz CT molecular complexity index is 683. The highest BCUT2D eigenvalue weighted by molar-refractivity contribution is 5.88. The quantitative estimate of drug-likeness (QED) is 0.892. The van der Waals surface area contributed by atoms with Gasteiger partial charge in [0.05, 0.1) is 18.3 Å². The summed E-state index contributed by atoms with van der Waals surface area (Å²) in [6, 6.07) is 4.05. The summed E-state index contributed by atoms with van der Waals surface area (Å²) in [5.41, 5.74) is 3.13. The predicted molar refractivity (Wildman–Crippen MR) is 87.9 cm³/mol. The van der Waals surface area contributed by atoms with E-state index in [1.54, 1.807) is 13.2 Å². The smallest absolute Gasteiger partial charge is 0.224 e. The third-order valence-electron chi connectivity index (χ3n) is 4.51. The van der Waals surface area contributed by atoms with Gasteiger partial charge in [-0.1, -0.05) is 13.8 Å². The number of fused-ring (bicyclic) bond motifs is 1. The van der Waals surface area contributed by atoms with Crippen LogP contribution in [-0.4, -0.2) is 23.2 Å². The first-order chi connectivity index (χ1) is 10.2. The SMILES string of the molecule is Cc1cc2occ(CC(=O)NCC(C)(O)C(C)C)c2cc1C. The van der Waals surface area contributed by atoms with Crippen LogP contribution < -0.4 is 5.32 Å². The molecule has 0 radical (unpaired) electrons. The van der Waals surface area contributed by atoms with Gasteiger partial charge in [0, 0.05) is 17.5 Å². The van der Waals surface area contributed by atoms with Gasteiger partial charge < -0.3 is 14.8 Å². The molecule has 2 aromatic rings. The molecule has 1 amide bonds. The van der Waals surface area contributed by atoms with E-state index in [0.717, 1.165) is 16.5 Å². The topological polar surface area (TPSA) is 62.5 Å².